The zero-order valence-corrected chi connectivity index (χ0v) is 11.3. The van der Waals surface area contributed by atoms with E-state index >= 15 is 0 Å². The summed E-state index contributed by atoms with van der Waals surface area (Å²) in [5.41, 5.74) is -1.12. The second-order valence-electron chi connectivity index (χ2n) is 5.00. The van der Waals surface area contributed by atoms with Crippen molar-refractivity contribution in [3.63, 3.8) is 0 Å². The number of aliphatic carboxylic acids is 1. The van der Waals surface area contributed by atoms with Crippen LogP contribution in [0.25, 0.3) is 0 Å². The molecule has 1 aliphatic heterocycles. The zero-order valence-electron chi connectivity index (χ0n) is 11.3. The predicted octanol–water partition coefficient (Wildman–Crippen LogP) is 1.38. The van der Waals surface area contributed by atoms with Crippen LogP contribution in [0.2, 0.25) is 0 Å². The number of likely N-dealkylation sites (tertiary alicyclic amines) is 1. The van der Waals surface area contributed by atoms with Gasteiger partial charge in [-0.25, -0.2) is 0 Å². The Morgan fingerprint density at radius 3 is 2.55 bits per heavy atom. The summed E-state index contributed by atoms with van der Waals surface area (Å²) in [6, 6.07) is 0. The molecule has 1 rings (SSSR count). The smallest absolute Gasteiger partial charge is 0.405 e. The van der Waals surface area contributed by atoms with Crippen LogP contribution in [0, 0.1) is 0 Å². The van der Waals surface area contributed by atoms with Gasteiger partial charge in [0.1, 0.15) is 12.1 Å². The molecule has 1 unspecified atom stereocenters. The number of carboxylic acid groups (broad SMARTS) is 1. The number of hydrogen-bond donors (Lipinski definition) is 2. The molecule has 8 heteroatoms. The van der Waals surface area contributed by atoms with E-state index in [1.165, 1.54) is 4.90 Å². The average Bonchev–Trinajstić information content (AvgIpc) is 2.71. The van der Waals surface area contributed by atoms with Crippen molar-refractivity contribution in [2.24, 2.45) is 0 Å². The van der Waals surface area contributed by atoms with Crippen molar-refractivity contribution in [2.45, 2.75) is 44.3 Å². The van der Waals surface area contributed by atoms with Gasteiger partial charge in [0.2, 0.25) is 5.91 Å². The molecule has 1 fully saturated rings. The van der Waals surface area contributed by atoms with Crippen molar-refractivity contribution in [3.8, 4) is 0 Å². The van der Waals surface area contributed by atoms with Crippen LogP contribution in [0.4, 0.5) is 13.2 Å². The van der Waals surface area contributed by atoms with E-state index in [2.05, 4.69) is 0 Å². The fraction of sp³-hybridized carbons (Fsp3) is 0.833. The molecule has 1 heterocycles. The third-order valence-corrected chi connectivity index (χ3v) is 3.51. The molecule has 0 saturated carbocycles. The van der Waals surface area contributed by atoms with Gasteiger partial charge in [-0.2, -0.15) is 13.2 Å². The number of rotatable bonds is 6. The summed E-state index contributed by atoms with van der Waals surface area (Å²) in [5.74, 6) is -1.81. The number of carboxylic acids is 1. The summed E-state index contributed by atoms with van der Waals surface area (Å²) in [5, 5.41) is 11.2. The van der Waals surface area contributed by atoms with Crippen LogP contribution >= 0.6 is 0 Å². The van der Waals surface area contributed by atoms with Gasteiger partial charge in [0, 0.05) is 0 Å². The lowest BCUT2D eigenvalue weighted by molar-refractivity contribution is -0.152. The summed E-state index contributed by atoms with van der Waals surface area (Å²) >= 11 is 0. The van der Waals surface area contributed by atoms with Crippen LogP contribution in [-0.4, -0.2) is 53.2 Å². The number of amides is 1. The Balaban J connectivity index is 2.65. The molecule has 0 bridgehead atoms. The lowest BCUT2D eigenvalue weighted by atomic mass is 9.90. The number of hydrogen-bond acceptors (Lipinski definition) is 3. The third-order valence-electron chi connectivity index (χ3n) is 3.51. The minimum atomic E-state index is -4.46. The Morgan fingerprint density at radius 1 is 1.40 bits per heavy atom. The van der Waals surface area contributed by atoms with E-state index < -0.39 is 30.1 Å². The van der Waals surface area contributed by atoms with Crippen LogP contribution in [0.3, 0.4) is 0 Å². The van der Waals surface area contributed by atoms with Crippen LogP contribution in [-0.2, 0) is 9.59 Å². The van der Waals surface area contributed by atoms with Gasteiger partial charge in [-0.15, -0.1) is 0 Å². The molecule has 20 heavy (non-hydrogen) atoms. The number of carbonyl (C=O) groups is 2. The highest BCUT2D eigenvalue weighted by Crippen LogP contribution is 2.33. The van der Waals surface area contributed by atoms with Gasteiger partial charge < -0.3 is 10.4 Å². The quantitative estimate of drug-likeness (QED) is 0.777. The van der Waals surface area contributed by atoms with Crippen LogP contribution in [0.1, 0.15) is 32.6 Å². The lowest BCUT2D eigenvalue weighted by Gasteiger charge is -2.34. The fourth-order valence-corrected chi connectivity index (χ4v) is 2.64. The SMILES string of the molecule is CCCC1(C(=O)O)CCCN1CC(=O)NCC(F)(F)F. The molecule has 116 valence electrons. The molecule has 1 amide bonds. The maximum atomic E-state index is 12.0. The van der Waals surface area contributed by atoms with Gasteiger partial charge in [0.15, 0.2) is 0 Å². The summed E-state index contributed by atoms with van der Waals surface area (Å²) in [6.07, 6.45) is -2.41. The zero-order chi connectivity index (χ0) is 15.4. The summed E-state index contributed by atoms with van der Waals surface area (Å²) in [6.45, 7) is 0.534. The maximum Gasteiger partial charge on any atom is 0.405 e. The lowest BCUT2D eigenvalue weighted by Crippen LogP contribution is -2.53. The molecule has 0 aliphatic carbocycles. The molecular weight excluding hydrogens is 277 g/mol. The fourth-order valence-electron chi connectivity index (χ4n) is 2.64. The van der Waals surface area contributed by atoms with Crippen LogP contribution in [0.15, 0.2) is 0 Å². The van der Waals surface area contributed by atoms with E-state index in [4.69, 9.17) is 0 Å². The average molecular weight is 296 g/mol. The highest BCUT2D eigenvalue weighted by atomic mass is 19.4. The number of halogens is 3. The minimum Gasteiger partial charge on any atom is -0.480 e. The van der Waals surface area contributed by atoms with Crippen molar-refractivity contribution < 1.29 is 27.9 Å². The molecule has 1 aliphatic rings. The maximum absolute atomic E-state index is 12.0. The molecule has 0 aromatic carbocycles. The number of carbonyl (C=O) groups excluding carboxylic acids is 1. The molecular formula is C12H19F3N2O3. The first kappa shape index (κ1) is 16.7. The molecule has 1 atom stereocenters. The van der Waals surface area contributed by atoms with Crippen molar-refractivity contribution in [1.82, 2.24) is 10.2 Å². The van der Waals surface area contributed by atoms with E-state index in [1.54, 1.807) is 5.32 Å². The van der Waals surface area contributed by atoms with E-state index in [0.29, 0.717) is 32.2 Å². The van der Waals surface area contributed by atoms with Crippen molar-refractivity contribution in [2.75, 3.05) is 19.6 Å². The first-order chi connectivity index (χ1) is 9.21. The minimum absolute atomic E-state index is 0.317. The van der Waals surface area contributed by atoms with Gasteiger partial charge in [-0.05, 0) is 25.8 Å². The Labute approximate surface area is 115 Å². The number of alkyl halides is 3. The van der Waals surface area contributed by atoms with Gasteiger partial charge in [-0.1, -0.05) is 13.3 Å². The number of nitrogens with zero attached hydrogens (tertiary/aromatic N) is 1. The summed E-state index contributed by atoms with van der Waals surface area (Å²) in [4.78, 5) is 24.5. The third kappa shape index (κ3) is 4.09. The Bertz CT molecular complexity index is 373. The Morgan fingerprint density at radius 2 is 2.05 bits per heavy atom. The predicted molar refractivity (Wildman–Crippen MR) is 65.1 cm³/mol. The first-order valence-corrected chi connectivity index (χ1v) is 6.53. The highest BCUT2D eigenvalue weighted by Gasteiger charge is 2.47. The van der Waals surface area contributed by atoms with E-state index in [9.17, 15) is 27.9 Å². The first-order valence-electron chi connectivity index (χ1n) is 6.53. The van der Waals surface area contributed by atoms with Gasteiger partial charge >= 0.3 is 12.1 Å². The molecule has 0 radical (unpaired) electrons. The number of nitrogens with one attached hydrogen (secondary N) is 1. The monoisotopic (exact) mass is 296 g/mol. The van der Waals surface area contributed by atoms with Gasteiger partial charge in [0.05, 0.1) is 6.54 Å². The molecule has 2 N–H and O–H groups in total. The van der Waals surface area contributed by atoms with Gasteiger partial charge in [0.25, 0.3) is 0 Å². The topological polar surface area (TPSA) is 69.6 Å². The standard InChI is InChI=1S/C12H19F3N2O3/c1-2-4-11(10(19)20)5-3-6-17(11)7-9(18)16-8-12(13,14)15/h2-8H2,1H3,(H,16,18)(H,19,20). The van der Waals surface area contributed by atoms with E-state index in [1.807, 2.05) is 6.92 Å². The van der Waals surface area contributed by atoms with Crippen molar-refractivity contribution >= 4 is 11.9 Å². The molecule has 0 aromatic rings. The van der Waals surface area contributed by atoms with Crippen LogP contribution in [0.5, 0.6) is 0 Å². The van der Waals surface area contributed by atoms with Crippen molar-refractivity contribution in [3.05, 3.63) is 0 Å². The molecule has 0 aromatic heterocycles. The van der Waals surface area contributed by atoms with Gasteiger partial charge in [-0.3, -0.25) is 14.5 Å². The molecule has 0 spiro atoms. The summed E-state index contributed by atoms with van der Waals surface area (Å²) in [7, 11) is 0. The van der Waals surface area contributed by atoms with E-state index in [0.717, 1.165) is 0 Å². The largest absolute Gasteiger partial charge is 0.480 e. The highest BCUT2D eigenvalue weighted by molar-refractivity contribution is 5.82. The normalized spacial score (nSPS) is 23.8. The van der Waals surface area contributed by atoms with E-state index in [-0.39, 0.29) is 6.54 Å². The Hall–Kier alpha value is -1.31. The molecule has 5 nitrogen and oxygen atoms in total. The Kier molecular flexibility index (Phi) is 5.38. The molecule has 1 saturated heterocycles. The second kappa shape index (κ2) is 6.43. The summed E-state index contributed by atoms with van der Waals surface area (Å²) < 4.78 is 36.0. The van der Waals surface area contributed by atoms with Crippen molar-refractivity contribution in [1.29, 1.82) is 0 Å². The van der Waals surface area contributed by atoms with Crippen LogP contribution < -0.4 is 5.32 Å². The second-order valence-corrected chi connectivity index (χ2v) is 5.00.